The number of methoxy groups -OCH3 is 1. The monoisotopic (exact) mass is 376 g/mol. The molecular weight excluding hydrogens is 352 g/mol. The highest BCUT2D eigenvalue weighted by molar-refractivity contribution is 7.89. The van der Waals surface area contributed by atoms with Gasteiger partial charge in [0.05, 0.1) is 18.0 Å². The van der Waals surface area contributed by atoms with E-state index in [0.717, 1.165) is 16.9 Å². The van der Waals surface area contributed by atoms with Gasteiger partial charge in [0.1, 0.15) is 5.75 Å². The molecule has 0 radical (unpaired) electrons. The van der Waals surface area contributed by atoms with Crippen molar-refractivity contribution in [3.8, 4) is 5.75 Å². The van der Waals surface area contributed by atoms with E-state index >= 15 is 0 Å². The molecule has 0 aliphatic rings. The zero-order valence-corrected chi connectivity index (χ0v) is 16.0. The summed E-state index contributed by atoms with van der Waals surface area (Å²) in [4.78, 5) is 12.3. The lowest BCUT2D eigenvalue weighted by molar-refractivity contribution is -0.122. The Balaban J connectivity index is 1.85. The summed E-state index contributed by atoms with van der Waals surface area (Å²) < 4.78 is 32.1. The topological polar surface area (TPSA) is 84.5 Å². The number of nitrogens with one attached hydrogen (secondary N) is 2. The molecule has 2 aromatic carbocycles. The molecule has 0 heterocycles. The summed E-state index contributed by atoms with van der Waals surface area (Å²) in [6.07, 6.45) is 0.646. The lowest BCUT2D eigenvalue weighted by atomic mass is 10.1. The number of sulfonamides is 1. The van der Waals surface area contributed by atoms with Gasteiger partial charge in [-0.1, -0.05) is 29.8 Å². The van der Waals surface area contributed by atoms with Gasteiger partial charge in [-0.2, -0.15) is 4.72 Å². The van der Waals surface area contributed by atoms with Crippen LogP contribution in [0.4, 0.5) is 0 Å². The fourth-order valence-electron chi connectivity index (χ4n) is 2.35. The number of hydrogen-bond donors (Lipinski definition) is 2. The van der Waals surface area contributed by atoms with Crippen LogP contribution in [0.2, 0.25) is 0 Å². The van der Waals surface area contributed by atoms with Crippen LogP contribution in [-0.2, 0) is 21.2 Å². The number of hydrogen-bond acceptors (Lipinski definition) is 4. The van der Waals surface area contributed by atoms with Gasteiger partial charge in [0.25, 0.3) is 0 Å². The first kappa shape index (κ1) is 19.9. The normalized spacial score (nSPS) is 12.4. The van der Waals surface area contributed by atoms with Gasteiger partial charge in [-0.25, -0.2) is 8.42 Å². The van der Waals surface area contributed by atoms with E-state index in [2.05, 4.69) is 10.0 Å². The van der Waals surface area contributed by atoms with Crippen LogP contribution in [0.1, 0.15) is 18.1 Å². The van der Waals surface area contributed by atoms with E-state index in [9.17, 15) is 13.2 Å². The third-order valence-corrected chi connectivity index (χ3v) is 5.49. The minimum absolute atomic E-state index is 0.140. The molecule has 7 heteroatoms. The second kappa shape index (κ2) is 8.82. The fraction of sp³-hybridized carbons (Fsp3) is 0.316. The van der Waals surface area contributed by atoms with E-state index in [0.29, 0.717) is 13.0 Å². The van der Waals surface area contributed by atoms with E-state index in [1.807, 2.05) is 31.2 Å². The zero-order chi connectivity index (χ0) is 19.2. The van der Waals surface area contributed by atoms with Crippen LogP contribution < -0.4 is 14.8 Å². The van der Waals surface area contributed by atoms with Crippen molar-refractivity contribution in [2.75, 3.05) is 13.7 Å². The third kappa shape index (κ3) is 5.57. The molecule has 0 aliphatic carbocycles. The number of ether oxygens (including phenoxy) is 1. The molecule has 6 nitrogen and oxygen atoms in total. The molecule has 26 heavy (non-hydrogen) atoms. The number of amides is 1. The van der Waals surface area contributed by atoms with Crippen LogP contribution >= 0.6 is 0 Å². The maximum absolute atomic E-state index is 12.3. The molecule has 0 aliphatic heterocycles. The Labute approximate surface area is 154 Å². The third-order valence-electron chi connectivity index (χ3n) is 3.93. The molecule has 0 unspecified atom stereocenters. The molecule has 140 valence electrons. The molecule has 0 aromatic heterocycles. The van der Waals surface area contributed by atoms with Crippen LogP contribution in [0.25, 0.3) is 0 Å². The van der Waals surface area contributed by atoms with Crippen LogP contribution in [0, 0.1) is 6.92 Å². The Hall–Kier alpha value is -2.38. The molecule has 0 saturated heterocycles. The van der Waals surface area contributed by atoms with E-state index in [1.54, 1.807) is 19.2 Å². The van der Waals surface area contributed by atoms with Gasteiger partial charge in [-0.3, -0.25) is 4.79 Å². The van der Waals surface area contributed by atoms with Crippen molar-refractivity contribution < 1.29 is 17.9 Å². The van der Waals surface area contributed by atoms with Crippen molar-refractivity contribution in [1.29, 1.82) is 0 Å². The first-order valence-corrected chi connectivity index (χ1v) is 9.80. The predicted molar refractivity (Wildman–Crippen MR) is 101 cm³/mol. The van der Waals surface area contributed by atoms with Crippen molar-refractivity contribution >= 4 is 15.9 Å². The van der Waals surface area contributed by atoms with Crippen LogP contribution in [0.5, 0.6) is 5.75 Å². The van der Waals surface area contributed by atoms with E-state index < -0.39 is 16.1 Å². The maximum Gasteiger partial charge on any atom is 0.241 e. The first-order valence-electron chi connectivity index (χ1n) is 8.31. The lowest BCUT2D eigenvalue weighted by Gasteiger charge is -2.14. The molecule has 1 amide bonds. The number of benzene rings is 2. The van der Waals surface area contributed by atoms with Gasteiger partial charge in [0, 0.05) is 6.54 Å². The smallest absolute Gasteiger partial charge is 0.241 e. The molecule has 0 fully saturated rings. The van der Waals surface area contributed by atoms with Crippen molar-refractivity contribution in [3.63, 3.8) is 0 Å². The lowest BCUT2D eigenvalue weighted by Crippen LogP contribution is -2.45. The van der Waals surface area contributed by atoms with E-state index in [4.69, 9.17) is 4.74 Å². The highest BCUT2D eigenvalue weighted by atomic mass is 32.2. The summed E-state index contributed by atoms with van der Waals surface area (Å²) in [5.41, 5.74) is 2.02. The number of carbonyl (C=O) groups excluding carboxylic acids is 1. The molecule has 2 N–H and O–H groups in total. The maximum atomic E-state index is 12.3. The van der Waals surface area contributed by atoms with Gasteiger partial charge in [0.2, 0.25) is 15.9 Å². The average Bonchev–Trinajstić information content (AvgIpc) is 2.62. The number of rotatable bonds is 8. The Kier molecular flexibility index (Phi) is 6.76. The minimum Gasteiger partial charge on any atom is -0.497 e. The SMILES string of the molecule is COc1ccc(CCNC(=O)[C@@H](C)NS(=O)(=O)c2ccc(C)cc2)cc1. The summed E-state index contributed by atoms with van der Waals surface area (Å²) >= 11 is 0. The second-order valence-corrected chi connectivity index (χ2v) is 7.76. The van der Waals surface area contributed by atoms with Crippen molar-refractivity contribution in [2.45, 2.75) is 31.2 Å². The second-order valence-electron chi connectivity index (χ2n) is 6.05. The van der Waals surface area contributed by atoms with Gasteiger partial charge in [-0.05, 0) is 50.1 Å². The van der Waals surface area contributed by atoms with Gasteiger partial charge in [-0.15, -0.1) is 0 Å². The van der Waals surface area contributed by atoms with Gasteiger partial charge < -0.3 is 10.1 Å². The highest BCUT2D eigenvalue weighted by Gasteiger charge is 2.21. The van der Waals surface area contributed by atoms with Crippen molar-refractivity contribution in [3.05, 3.63) is 59.7 Å². The number of aryl methyl sites for hydroxylation is 1. The molecule has 2 aromatic rings. The summed E-state index contributed by atoms with van der Waals surface area (Å²) in [5.74, 6) is 0.408. The van der Waals surface area contributed by atoms with Crippen LogP contribution in [0.15, 0.2) is 53.4 Å². The molecule has 0 bridgehead atoms. The predicted octanol–water partition coefficient (Wildman–Crippen LogP) is 2.03. The molecule has 0 saturated carbocycles. The summed E-state index contributed by atoms with van der Waals surface area (Å²) in [6, 6.07) is 13.2. The Morgan fingerprint density at radius 3 is 2.27 bits per heavy atom. The quantitative estimate of drug-likeness (QED) is 0.738. The fourth-order valence-corrected chi connectivity index (χ4v) is 3.55. The standard InChI is InChI=1S/C19H24N2O4S/c1-14-4-10-18(11-5-14)26(23,24)21-15(2)19(22)20-13-12-16-6-8-17(25-3)9-7-16/h4-11,15,21H,12-13H2,1-3H3,(H,20,22)/t15-/m1/s1. The summed E-state index contributed by atoms with van der Waals surface area (Å²) in [5, 5.41) is 2.75. The molecule has 0 spiro atoms. The van der Waals surface area contributed by atoms with Crippen LogP contribution in [0.3, 0.4) is 0 Å². The highest BCUT2D eigenvalue weighted by Crippen LogP contribution is 2.12. The Bertz CT molecular complexity index is 831. The van der Waals surface area contributed by atoms with Crippen LogP contribution in [-0.4, -0.2) is 34.0 Å². The van der Waals surface area contributed by atoms with Gasteiger partial charge >= 0.3 is 0 Å². The Morgan fingerprint density at radius 2 is 1.69 bits per heavy atom. The number of carbonyl (C=O) groups is 1. The molecule has 1 atom stereocenters. The average molecular weight is 376 g/mol. The van der Waals surface area contributed by atoms with Crippen molar-refractivity contribution in [1.82, 2.24) is 10.0 Å². The van der Waals surface area contributed by atoms with E-state index in [-0.39, 0.29) is 10.8 Å². The zero-order valence-electron chi connectivity index (χ0n) is 15.2. The summed E-state index contributed by atoms with van der Waals surface area (Å²) in [6.45, 7) is 3.82. The Morgan fingerprint density at radius 1 is 1.08 bits per heavy atom. The molecule has 2 rings (SSSR count). The summed E-state index contributed by atoms with van der Waals surface area (Å²) in [7, 11) is -2.13. The van der Waals surface area contributed by atoms with Crippen molar-refractivity contribution in [2.24, 2.45) is 0 Å². The van der Waals surface area contributed by atoms with Gasteiger partial charge in [0.15, 0.2) is 0 Å². The largest absolute Gasteiger partial charge is 0.497 e. The van der Waals surface area contributed by atoms with E-state index in [1.165, 1.54) is 19.1 Å². The molecular formula is C19H24N2O4S. The first-order chi connectivity index (χ1) is 12.3. The minimum atomic E-state index is -3.73.